The van der Waals surface area contributed by atoms with E-state index in [1.54, 1.807) is 24.3 Å². The van der Waals surface area contributed by atoms with Gasteiger partial charge in [-0.3, -0.25) is 4.79 Å². The molecule has 1 amide bonds. The lowest BCUT2D eigenvalue weighted by Gasteiger charge is -2.08. The van der Waals surface area contributed by atoms with Crippen LogP contribution in [0.3, 0.4) is 0 Å². The lowest BCUT2D eigenvalue weighted by Crippen LogP contribution is -2.13. The van der Waals surface area contributed by atoms with Crippen molar-refractivity contribution < 1.29 is 4.79 Å². The van der Waals surface area contributed by atoms with Crippen molar-refractivity contribution in [2.45, 2.75) is 0 Å². The Morgan fingerprint density at radius 1 is 1.25 bits per heavy atom. The van der Waals surface area contributed by atoms with Crippen LogP contribution in [-0.2, 0) is 0 Å². The molecule has 6 heteroatoms. The van der Waals surface area contributed by atoms with Crippen molar-refractivity contribution in [3.8, 4) is 6.07 Å². The van der Waals surface area contributed by atoms with E-state index >= 15 is 0 Å². The highest BCUT2D eigenvalue weighted by molar-refractivity contribution is 6.37. The number of hydrogen-bond acceptors (Lipinski definition) is 3. The van der Waals surface area contributed by atoms with Gasteiger partial charge in [-0.15, -0.1) is 0 Å². The molecule has 3 N–H and O–H groups in total. The van der Waals surface area contributed by atoms with Gasteiger partial charge in [0.15, 0.2) is 0 Å². The van der Waals surface area contributed by atoms with E-state index in [1.165, 1.54) is 12.1 Å². The molecule has 0 radical (unpaired) electrons. The zero-order valence-electron chi connectivity index (χ0n) is 10.2. The number of amides is 1. The highest BCUT2D eigenvalue weighted by atomic mass is 35.5. The topological polar surface area (TPSA) is 78.9 Å². The van der Waals surface area contributed by atoms with Gasteiger partial charge in [-0.1, -0.05) is 29.3 Å². The molecule has 100 valence electrons. The Bertz CT molecular complexity index is 723. The van der Waals surface area contributed by atoms with Crippen molar-refractivity contribution in [2.75, 3.05) is 11.1 Å². The van der Waals surface area contributed by atoms with Crippen LogP contribution in [-0.4, -0.2) is 5.91 Å². The normalized spacial score (nSPS) is 9.85. The Kier molecular flexibility index (Phi) is 4.14. The molecule has 0 atom stereocenters. The molecule has 20 heavy (non-hydrogen) atoms. The summed E-state index contributed by atoms with van der Waals surface area (Å²) in [7, 11) is 0. The summed E-state index contributed by atoms with van der Waals surface area (Å²) in [5, 5.41) is 11.9. The van der Waals surface area contributed by atoms with Gasteiger partial charge in [-0.25, -0.2) is 0 Å². The quantitative estimate of drug-likeness (QED) is 0.830. The van der Waals surface area contributed by atoms with Crippen LogP contribution < -0.4 is 11.1 Å². The average Bonchev–Trinajstić information content (AvgIpc) is 2.42. The Labute approximate surface area is 125 Å². The molecule has 4 nitrogen and oxygen atoms in total. The third-order valence-electron chi connectivity index (χ3n) is 2.62. The highest BCUT2D eigenvalue weighted by Crippen LogP contribution is 2.25. The molecule has 2 rings (SSSR count). The molecule has 2 aromatic carbocycles. The number of carbonyl (C=O) groups excluding carboxylic acids is 1. The molecule has 0 spiro atoms. The molecule has 0 unspecified atom stereocenters. The summed E-state index contributed by atoms with van der Waals surface area (Å²) in [6.07, 6.45) is 0. The monoisotopic (exact) mass is 305 g/mol. The van der Waals surface area contributed by atoms with Gasteiger partial charge in [0, 0.05) is 5.69 Å². The number of nitrogen functional groups attached to an aromatic ring is 1. The minimum absolute atomic E-state index is 0.199. The van der Waals surface area contributed by atoms with Gasteiger partial charge in [0.25, 0.3) is 5.91 Å². The summed E-state index contributed by atoms with van der Waals surface area (Å²) in [4.78, 5) is 12.1. The van der Waals surface area contributed by atoms with Crippen LogP contribution in [0, 0.1) is 11.3 Å². The van der Waals surface area contributed by atoms with Crippen LogP contribution in [0.15, 0.2) is 36.4 Å². The van der Waals surface area contributed by atoms with E-state index in [2.05, 4.69) is 5.32 Å². The Morgan fingerprint density at radius 2 is 2.00 bits per heavy atom. The van der Waals surface area contributed by atoms with Crippen molar-refractivity contribution in [2.24, 2.45) is 0 Å². The highest BCUT2D eigenvalue weighted by Gasteiger charge is 2.12. The number of carbonyl (C=O) groups is 1. The molecular formula is C14H9Cl2N3O. The largest absolute Gasteiger partial charge is 0.398 e. The molecular weight excluding hydrogens is 297 g/mol. The number of nitriles is 1. The van der Waals surface area contributed by atoms with Gasteiger partial charge < -0.3 is 11.1 Å². The van der Waals surface area contributed by atoms with Crippen molar-refractivity contribution in [3.05, 3.63) is 57.6 Å². The van der Waals surface area contributed by atoms with E-state index in [1.807, 2.05) is 6.07 Å². The fourth-order valence-electron chi connectivity index (χ4n) is 1.61. The molecule has 0 heterocycles. The van der Waals surface area contributed by atoms with Gasteiger partial charge in [-0.2, -0.15) is 5.26 Å². The van der Waals surface area contributed by atoms with Crippen LogP contribution in [0.25, 0.3) is 0 Å². The van der Waals surface area contributed by atoms with Crippen molar-refractivity contribution in [3.63, 3.8) is 0 Å². The Morgan fingerprint density at radius 3 is 2.65 bits per heavy atom. The first kappa shape index (κ1) is 14.2. The number of nitrogens with zero attached hydrogens (tertiary/aromatic N) is 1. The summed E-state index contributed by atoms with van der Waals surface area (Å²) >= 11 is 11.9. The second kappa shape index (κ2) is 5.83. The Balaban J connectivity index is 2.26. The summed E-state index contributed by atoms with van der Waals surface area (Å²) in [6, 6.07) is 11.4. The molecule has 2 aromatic rings. The molecule has 0 bridgehead atoms. The van der Waals surface area contributed by atoms with Crippen LogP contribution in [0.1, 0.15) is 15.9 Å². The predicted molar refractivity (Wildman–Crippen MR) is 80.0 cm³/mol. The molecule has 0 aliphatic heterocycles. The van der Waals surface area contributed by atoms with Crippen molar-refractivity contribution >= 4 is 40.5 Å². The van der Waals surface area contributed by atoms with Crippen LogP contribution in [0.2, 0.25) is 10.0 Å². The second-order valence-corrected chi connectivity index (χ2v) is 4.75. The number of halogens is 2. The maximum Gasteiger partial charge on any atom is 0.257 e. The van der Waals surface area contributed by atoms with E-state index < -0.39 is 5.91 Å². The minimum Gasteiger partial charge on any atom is -0.398 e. The first-order valence-corrected chi connectivity index (χ1v) is 6.33. The lowest BCUT2D eigenvalue weighted by atomic mass is 10.1. The average molecular weight is 306 g/mol. The van der Waals surface area contributed by atoms with Gasteiger partial charge in [0.2, 0.25) is 0 Å². The fourth-order valence-corrected chi connectivity index (χ4v) is 2.04. The predicted octanol–water partition coefficient (Wildman–Crippen LogP) is 3.70. The summed E-state index contributed by atoms with van der Waals surface area (Å²) in [5.41, 5.74) is 7.06. The van der Waals surface area contributed by atoms with E-state index in [9.17, 15) is 4.79 Å². The molecule has 0 fully saturated rings. The van der Waals surface area contributed by atoms with Crippen molar-refractivity contribution in [1.29, 1.82) is 5.26 Å². The van der Waals surface area contributed by atoms with Gasteiger partial charge in [0.05, 0.1) is 26.9 Å². The SMILES string of the molecule is N#Cc1ccc(NC(=O)c2cccc(N)c2Cl)cc1Cl. The van der Waals surface area contributed by atoms with E-state index in [0.717, 1.165) is 0 Å². The molecule has 0 saturated heterocycles. The zero-order valence-corrected chi connectivity index (χ0v) is 11.7. The van der Waals surface area contributed by atoms with Crippen molar-refractivity contribution in [1.82, 2.24) is 0 Å². The molecule has 0 saturated carbocycles. The first-order valence-electron chi connectivity index (χ1n) is 5.58. The maximum atomic E-state index is 12.1. The van der Waals surface area contributed by atoms with E-state index in [4.69, 9.17) is 34.2 Å². The molecule has 0 aromatic heterocycles. The van der Waals surface area contributed by atoms with Gasteiger partial charge >= 0.3 is 0 Å². The maximum absolute atomic E-state index is 12.1. The minimum atomic E-state index is -0.400. The third kappa shape index (κ3) is 2.85. The zero-order chi connectivity index (χ0) is 14.7. The number of nitrogens with one attached hydrogen (secondary N) is 1. The number of nitrogens with two attached hydrogens (primary N) is 1. The lowest BCUT2D eigenvalue weighted by molar-refractivity contribution is 0.102. The second-order valence-electron chi connectivity index (χ2n) is 3.97. The smallest absolute Gasteiger partial charge is 0.257 e. The summed E-state index contributed by atoms with van der Waals surface area (Å²) in [6.45, 7) is 0. The number of rotatable bonds is 2. The molecule has 0 aliphatic rings. The van der Waals surface area contributed by atoms with Gasteiger partial charge in [0.1, 0.15) is 6.07 Å². The summed E-state index contributed by atoms with van der Waals surface area (Å²) in [5.74, 6) is -0.400. The number of anilines is 2. The van der Waals surface area contributed by atoms with Crippen LogP contribution >= 0.6 is 23.2 Å². The van der Waals surface area contributed by atoms with Crippen LogP contribution in [0.4, 0.5) is 11.4 Å². The first-order chi connectivity index (χ1) is 9.52. The standard InChI is InChI=1S/C14H9Cl2N3O/c15-11-6-9(5-4-8(11)7-17)19-14(20)10-2-1-3-12(18)13(10)16/h1-6H,18H2,(H,19,20). The molecule has 0 aliphatic carbocycles. The number of benzene rings is 2. The van der Waals surface area contributed by atoms with E-state index in [0.29, 0.717) is 16.9 Å². The summed E-state index contributed by atoms with van der Waals surface area (Å²) < 4.78 is 0. The van der Waals surface area contributed by atoms with Gasteiger partial charge in [-0.05, 0) is 30.3 Å². The van der Waals surface area contributed by atoms with Crippen LogP contribution in [0.5, 0.6) is 0 Å². The third-order valence-corrected chi connectivity index (χ3v) is 3.36. The van der Waals surface area contributed by atoms with E-state index in [-0.39, 0.29) is 15.6 Å². The Hall–Kier alpha value is -2.22. The fraction of sp³-hybridized carbons (Fsp3) is 0. The number of hydrogen-bond donors (Lipinski definition) is 2.